The van der Waals surface area contributed by atoms with Gasteiger partial charge in [0.15, 0.2) is 0 Å². The number of hydrogen-bond acceptors (Lipinski definition) is 6. The van der Waals surface area contributed by atoms with Gasteiger partial charge in [0.05, 0.1) is 19.0 Å². The van der Waals surface area contributed by atoms with Gasteiger partial charge in [-0.3, -0.25) is 4.79 Å². The van der Waals surface area contributed by atoms with Crippen molar-refractivity contribution < 1.29 is 18.7 Å². The molecule has 0 unspecified atom stereocenters. The molecule has 0 atom stereocenters. The van der Waals surface area contributed by atoms with Crippen molar-refractivity contribution in [2.75, 3.05) is 11.9 Å². The van der Waals surface area contributed by atoms with Crippen LogP contribution in [-0.2, 0) is 9.59 Å². The molecule has 0 aliphatic rings. The summed E-state index contributed by atoms with van der Waals surface area (Å²) in [5.74, 6) is 0.0913. The summed E-state index contributed by atoms with van der Waals surface area (Å²) in [6, 6.07) is 24.1. The van der Waals surface area contributed by atoms with Gasteiger partial charge in [-0.2, -0.15) is 5.10 Å². The standard InChI is InChI=1S/C26H21N3O4/c30-25(18-27-24-12-4-8-20-7-1-2-11-23(20)24)29-28-17-19-6-3-9-22(16-19)33-26(31)14-13-21-10-5-15-32-21/h1-17,27H,18H2,(H,29,30). The summed E-state index contributed by atoms with van der Waals surface area (Å²) < 4.78 is 10.4. The highest BCUT2D eigenvalue weighted by Gasteiger charge is 2.04. The van der Waals surface area contributed by atoms with Crippen LogP contribution in [0.5, 0.6) is 5.75 Å². The van der Waals surface area contributed by atoms with E-state index in [1.54, 1.807) is 36.4 Å². The van der Waals surface area contributed by atoms with Gasteiger partial charge in [-0.1, -0.05) is 48.5 Å². The molecule has 0 fully saturated rings. The van der Waals surface area contributed by atoms with Crippen LogP contribution in [0.1, 0.15) is 11.3 Å². The molecule has 0 spiro atoms. The minimum atomic E-state index is -0.534. The zero-order valence-corrected chi connectivity index (χ0v) is 17.6. The van der Waals surface area contributed by atoms with E-state index in [0.717, 1.165) is 16.5 Å². The average Bonchev–Trinajstić information content (AvgIpc) is 3.35. The summed E-state index contributed by atoms with van der Waals surface area (Å²) in [5, 5.41) is 9.25. The Labute approximate surface area is 190 Å². The molecule has 33 heavy (non-hydrogen) atoms. The monoisotopic (exact) mass is 439 g/mol. The number of carbonyl (C=O) groups excluding carboxylic acids is 2. The molecule has 2 N–H and O–H groups in total. The molecule has 0 bridgehead atoms. The summed E-state index contributed by atoms with van der Waals surface area (Å²) in [7, 11) is 0. The molecule has 4 aromatic rings. The maximum atomic E-state index is 12.2. The number of esters is 1. The van der Waals surface area contributed by atoms with Gasteiger partial charge in [0.1, 0.15) is 11.5 Å². The fourth-order valence-corrected chi connectivity index (χ4v) is 3.12. The van der Waals surface area contributed by atoms with Gasteiger partial charge < -0.3 is 14.5 Å². The normalized spacial score (nSPS) is 11.2. The lowest BCUT2D eigenvalue weighted by molar-refractivity contribution is -0.129. The summed E-state index contributed by atoms with van der Waals surface area (Å²) in [4.78, 5) is 24.1. The maximum absolute atomic E-state index is 12.2. The van der Waals surface area contributed by atoms with Crippen molar-refractivity contribution in [3.8, 4) is 5.75 Å². The molecule has 4 rings (SSSR count). The lowest BCUT2D eigenvalue weighted by Gasteiger charge is -2.08. The van der Waals surface area contributed by atoms with Crippen molar-refractivity contribution in [1.82, 2.24) is 5.43 Å². The third-order valence-electron chi connectivity index (χ3n) is 4.64. The SMILES string of the molecule is O=C(CNc1cccc2ccccc12)NN=Cc1cccc(OC(=O)C=Cc2ccco2)c1. The molecule has 3 aromatic carbocycles. The number of benzene rings is 3. The molecule has 0 aliphatic carbocycles. The van der Waals surface area contributed by atoms with Crippen molar-refractivity contribution in [1.29, 1.82) is 0 Å². The molecule has 0 aliphatic heterocycles. The number of nitrogens with one attached hydrogen (secondary N) is 2. The van der Waals surface area contributed by atoms with Gasteiger partial charge >= 0.3 is 5.97 Å². The van der Waals surface area contributed by atoms with Gasteiger partial charge in [0.25, 0.3) is 5.91 Å². The van der Waals surface area contributed by atoms with Crippen LogP contribution in [-0.4, -0.2) is 24.6 Å². The fourth-order valence-electron chi connectivity index (χ4n) is 3.12. The number of carbonyl (C=O) groups is 2. The summed E-state index contributed by atoms with van der Waals surface area (Å²) >= 11 is 0. The molecule has 7 heteroatoms. The number of anilines is 1. The molecule has 7 nitrogen and oxygen atoms in total. The van der Waals surface area contributed by atoms with E-state index in [9.17, 15) is 9.59 Å². The van der Waals surface area contributed by atoms with Gasteiger partial charge in [-0.25, -0.2) is 10.2 Å². The van der Waals surface area contributed by atoms with E-state index < -0.39 is 5.97 Å². The lowest BCUT2D eigenvalue weighted by Crippen LogP contribution is -2.25. The van der Waals surface area contributed by atoms with Crippen LogP contribution in [0.4, 0.5) is 5.69 Å². The largest absolute Gasteiger partial charge is 0.465 e. The minimum Gasteiger partial charge on any atom is -0.465 e. The van der Waals surface area contributed by atoms with Crippen molar-refractivity contribution in [2.24, 2.45) is 5.10 Å². The van der Waals surface area contributed by atoms with Crippen LogP contribution in [0.15, 0.2) is 101 Å². The van der Waals surface area contributed by atoms with Crippen molar-refractivity contribution >= 4 is 40.6 Å². The predicted molar refractivity (Wildman–Crippen MR) is 128 cm³/mol. The molecule has 164 valence electrons. The Bertz CT molecular complexity index is 1300. The highest BCUT2D eigenvalue weighted by Crippen LogP contribution is 2.22. The Morgan fingerprint density at radius 1 is 0.970 bits per heavy atom. The van der Waals surface area contributed by atoms with E-state index in [4.69, 9.17) is 9.15 Å². The third-order valence-corrected chi connectivity index (χ3v) is 4.64. The predicted octanol–water partition coefficient (Wildman–Crippen LogP) is 4.61. The molecular weight excluding hydrogens is 418 g/mol. The highest BCUT2D eigenvalue weighted by molar-refractivity contribution is 5.95. The second-order valence-corrected chi connectivity index (χ2v) is 7.02. The van der Waals surface area contributed by atoms with Gasteiger partial charge in [-0.05, 0) is 47.4 Å². The third kappa shape index (κ3) is 6.18. The molecule has 0 saturated heterocycles. The lowest BCUT2D eigenvalue weighted by atomic mass is 10.1. The molecular formula is C26H21N3O4. The van der Waals surface area contributed by atoms with Crippen LogP contribution >= 0.6 is 0 Å². The minimum absolute atomic E-state index is 0.0744. The number of fused-ring (bicyclic) bond motifs is 1. The zero-order chi connectivity index (χ0) is 22.9. The Morgan fingerprint density at radius 3 is 2.70 bits per heavy atom. The molecule has 1 heterocycles. The number of amides is 1. The zero-order valence-electron chi connectivity index (χ0n) is 17.6. The van der Waals surface area contributed by atoms with Crippen LogP contribution in [0.2, 0.25) is 0 Å². The van der Waals surface area contributed by atoms with Crippen molar-refractivity contribution in [2.45, 2.75) is 0 Å². The van der Waals surface area contributed by atoms with Crippen LogP contribution in [0.25, 0.3) is 16.8 Å². The summed E-state index contributed by atoms with van der Waals surface area (Å²) in [6.45, 7) is 0.0744. The Morgan fingerprint density at radius 2 is 1.82 bits per heavy atom. The fraction of sp³-hybridized carbons (Fsp3) is 0.0385. The highest BCUT2D eigenvalue weighted by atomic mass is 16.5. The van der Waals surface area contributed by atoms with Crippen LogP contribution in [0, 0.1) is 0 Å². The molecule has 0 radical (unpaired) electrons. The number of rotatable bonds is 8. The molecule has 0 saturated carbocycles. The Balaban J connectivity index is 1.28. The number of ether oxygens (including phenoxy) is 1. The van der Waals surface area contributed by atoms with Crippen molar-refractivity contribution in [3.05, 3.63) is 103 Å². The van der Waals surface area contributed by atoms with Gasteiger partial charge in [-0.15, -0.1) is 0 Å². The Hall–Kier alpha value is -4.65. The van der Waals surface area contributed by atoms with Gasteiger partial charge in [0.2, 0.25) is 0 Å². The summed E-state index contributed by atoms with van der Waals surface area (Å²) in [5.41, 5.74) is 4.03. The first-order chi connectivity index (χ1) is 16.2. The van der Waals surface area contributed by atoms with E-state index in [2.05, 4.69) is 15.8 Å². The maximum Gasteiger partial charge on any atom is 0.336 e. The first kappa shape index (κ1) is 21.6. The van der Waals surface area contributed by atoms with E-state index in [-0.39, 0.29) is 12.5 Å². The molecule has 1 aromatic heterocycles. The second kappa shape index (κ2) is 10.6. The topological polar surface area (TPSA) is 92.9 Å². The number of hydrazone groups is 1. The quantitative estimate of drug-likeness (QED) is 0.137. The first-order valence-corrected chi connectivity index (χ1v) is 10.2. The second-order valence-electron chi connectivity index (χ2n) is 7.02. The number of nitrogens with zero attached hydrogens (tertiary/aromatic N) is 1. The van der Waals surface area contributed by atoms with Crippen LogP contribution in [0.3, 0.4) is 0 Å². The first-order valence-electron chi connectivity index (χ1n) is 10.2. The smallest absolute Gasteiger partial charge is 0.336 e. The number of hydrogen-bond donors (Lipinski definition) is 2. The number of furan rings is 1. The average molecular weight is 439 g/mol. The Kier molecular flexibility index (Phi) is 6.92. The van der Waals surface area contributed by atoms with Gasteiger partial charge in [0, 0.05) is 17.1 Å². The van der Waals surface area contributed by atoms with E-state index in [0.29, 0.717) is 17.1 Å². The van der Waals surface area contributed by atoms with Crippen LogP contribution < -0.4 is 15.5 Å². The van der Waals surface area contributed by atoms with E-state index in [1.807, 2.05) is 42.5 Å². The van der Waals surface area contributed by atoms with Crippen molar-refractivity contribution in [3.63, 3.8) is 0 Å². The van der Waals surface area contributed by atoms with E-state index in [1.165, 1.54) is 24.6 Å². The van der Waals surface area contributed by atoms with E-state index >= 15 is 0 Å². The summed E-state index contributed by atoms with van der Waals surface area (Å²) in [6.07, 6.45) is 5.80. The molecule has 1 amide bonds.